The van der Waals surface area contributed by atoms with Crippen molar-refractivity contribution >= 4 is 5.78 Å². The molecule has 3 heteroatoms. The van der Waals surface area contributed by atoms with Crippen LogP contribution >= 0.6 is 0 Å². The van der Waals surface area contributed by atoms with Crippen molar-refractivity contribution in [1.82, 2.24) is 4.98 Å². The van der Waals surface area contributed by atoms with Crippen LogP contribution in [0.5, 0.6) is 0 Å². The van der Waals surface area contributed by atoms with E-state index < -0.39 is 5.60 Å². The van der Waals surface area contributed by atoms with Gasteiger partial charge in [0.25, 0.3) is 0 Å². The molecule has 1 aliphatic rings. The minimum Gasteiger partial charge on any atom is -0.382 e. The Morgan fingerprint density at radius 1 is 1.41 bits per heavy atom. The number of aryl methyl sites for hydroxylation is 1. The Labute approximate surface area is 102 Å². The molecule has 0 spiro atoms. The number of Topliss-reactive ketones (excluding diaryl/α,β-unsaturated/α-hetero) is 1. The van der Waals surface area contributed by atoms with Crippen molar-refractivity contribution in [2.45, 2.75) is 51.0 Å². The Morgan fingerprint density at radius 3 is 2.65 bits per heavy atom. The molecule has 1 aliphatic carbocycles. The second kappa shape index (κ2) is 4.96. The Kier molecular flexibility index (Phi) is 3.57. The van der Waals surface area contributed by atoms with E-state index in [0.717, 1.165) is 25.0 Å². The van der Waals surface area contributed by atoms with Crippen LogP contribution in [-0.2, 0) is 17.6 Å². The van der Waals surface area contributed by atoms with E-state index in [4.69, 9.17) is 0 Å². The van der Waals surface area contributed by atoms with Crippen LogP contribution in [0.1, 0.15) is 43.9 Å². The van der Waals surface area contributed by atoms with E-state index in [-0.39, 0.29) is 12.2 Å². The zero-order valence-corrected chi connectivity index (χ0v) is 10.3. The average Bonchev–Trinajstić information content (AvgIpc) is 2.78. The highest BCUT2D eigenvalue weighted by atomic mass is 16.3. The molecule has 0 aromatic carbocycles. The zero-order valence-electron chi connectivity index (χ0n) is 10.3. The summed E-state index contributed by atoms with van der Waals surface area (Å²) in [6, 6.07) is 3.88. The molecule has 1 aromatic heterocycles. The predicted molar refractivity (Wildman–Crippen MR) is 65.7 cm³/mol. The molecule has 0 bridgehead atoms. The molecular weight excluding hydrogens is 214 g/mol. The van der Waals surface area contributed by atoms with Crippen molar-refractivity contribution in [3.05, 3.63) is 29.6 Å². The van der Waals surface area contributed by atoms with Crippen LogP contribution in [0.3, 0.4) is 0 Å². The van der Waals surface area contributed by atoms with Gasteiger partial charge in [-0.1, -0.05) is 13.0 Å². The summed E-state index contributed by atoms with van der Waals surface area (Å²) in [7, 11) is 0. The molecule has 2 rings (SSSR count). The number of hydrogen-bond donors (Lipinski definition) is 1. The molecule has 1 N–H and O–H groups in total. The van der Waals surface area contributed by atoms with Crippen molar-refractivity contribution in [2.75, 3.05) is 0 Å². The predicted octanol–water partition coefficient (Wildman–Crippen LogP) is 2.06. The third-order valence-corrected chi connectivity index (χ3v) is 3.59. The highest BCUT2D eigenvalue weighted by Crippen LogP contribution is 2.31. The highest BCUT2D eigenvalue weighted by molar-refractivity contribution is 5.88. The number of rotatable bonds is 4. The van der Waals surface area contributed by atoms with Gasteiger partial charge in [0.1, 0.15) is 5.60 Å². The van der Waals surface area contributed by atoms with Crippen LogP contribution in [-0.4, -0.2) is 21.5 Å². The minimum atomic E-state index is -1.08. The van der Waals surface area contributed by atoms with E-state index in [9.17, 15) is 9.90 Å². The molecular formula is C14H19NO2. The molecule has 1 fully saturated rings. The van der Waals surface area contributed by atoms with Crippen molar-refractivity contribution in [2.24, 2.45) is 0 Å². The van der Waals surface area contributed by atoms with Crippen molar-refractivity contribution < 1.29 is 9.90 Å². The minimum absolute atomic E-state index is 0.0771. The first-order chi connectivity index (χ1) is 8.14. The first kappa shape index (κ1) is 12.2. The lowest BCUT2D eigenvalue weighted by atomic mass is 9.93. The maximum absolute atomic E-state index is 12.0. The van der Waals surface area contributed by atoms with Gasteiger partial charge in [0.2, 0.25) is 0 Å². The lowest BCUT2D eigenvalue weighted by Crippen LogP contribution is -2.36. The summed E-state index contributed by atoms with van der Waals surface area (Å²) in [6.07, 6.45) is 6.12. The molecule has 17 heavy (non-hydrogen) atoms. The van der Waals surface area contributed by atoms with Gasteiger partial charge >= 0.3 is 0 Å². The standard InChI is InChI=1S/C14H19NO2/c1-2-11-5-6-12(15-10-11)9-13(16)14(17)7-3-4-8-14/h5-6,10,17H,2-4,7-9H2,1H3. The molecule has 0 amide bonds. The third-order valence-electron chi connectivity index (χ3n) is 3.59. The maximum atomic E-state index is 12.0. The number of aliphatic hydroxyl groups is 1. The molecule has 0 saturated heterocycles. The van der Waals surface area contributed by atoms with Gasteiger partial charge in [-0.2, -0.15) is 0 Å². The van der Waals surface area contributed by atoms with Gasteiger partial charge in [-0.3, -0.25) is 9.78 Å². The quantitative estimate of drug-likeness (QED) is 0.866. The smallest absolute Gasteiger partial charge is 0.170 e. The van der Waals surface area contributed by atoms with Gasteiger partial charge in [0.05, 0.1) is 6.42 Å². The second-order valence-electron chi connectivity index (χ2n) is 4.85. The van der Waals surface area contributed by atoms with Gasteiger partial charge < -0.3 is 5.11 Å². The molecule has 1 aromatic rings. The Balaban J connectivity index is 2.02. The van der Waals surface area contributed by atoms with Crippen LogP contribution in [0.15, 0.2) is 18.3 Å². The van der Waals surface area contributed by atoms with E-state index in [2.05, 4.69) is 11.9 Å². The summed E-state index contributed by atoms with van der Waals surface area (Å²) >= 11 is 0. The van der Waals surface area contributed by atoms with Crippen molar-refractivity contribution in [3.63, 3.8) is 0 Å². The van der Waals surface area contributed by atoms with E-state index in [0.29, 0.717) is 12.8 Å². The number of ketones is 1. The van der Waals surface area contributed by atoms with Gasteiger partial charge in [0, 0.05) is 11.9 Å². The normalized spacial score (nSPS) is 18.2. The fourth-order valence-corrected chi connectivity index (χ4v) is 2.34. The summed E-state index contributed by atoms with van der Waals surface area (Å²) in [4.78, 5) is 16.3. The molecule has 0 unspecified atom stereocenters. The lowest BCUT2D eigenvalue weighted by Gasteiger charge is -2.19. The molecule has 0 atom stereocenters. The first-order valence-corrected chi connectivity index (χ1v) is 6.33. The Hall–Kier alpha value is -1.22. The van der Waals surface area contributed by atoms with E-state index in [1.165, 1.54) is 5.56 Å². The zero-order chi connectivity index (χ0) is 12.3. The Bertz CT molecular complexity index is 391. The summed E-state index contributed by atoms with van der Waals surface area (Å²) in [6.45, 7) is 2.07. The highest BCUT2D eigenvalue weighted by Gasteiger charge is 2.38. The molecule has 1 heterocycles. The van der Waals surface area contributed by atoms with Crippen LogP contribution in [0, 0.1) is 0 Å². The topological polar surface area (TPSA) is 50.2 Å². The van der Waals surface area contributed by atoms with E-state index >= 15 is 0 Å². The lowest BCUT2D eigenvalue weighted by molar-refractivity contribution is -0.136. The summed E-state index contributed by atoms with van der Waals surface area (Å²) in [5.74, 6) is -0.0771. The SMILES string of the molecule is CCc1ccc(CC(=O)C2(O)CCCC2)nc1. The summed E-state index contributed by atoms with van der Waals surface area (Å²) in [5, 5.41) is 10.1. The van der Waals surface area contributed by atoms with Gasteiger partial charge in [0.15, 0.2) is 5.78 Å². The van der Waals surface area contributed by atoms with E-state index in [1.54, 1.807) is 6.20 Å². The summed E-state index contributed by atoms with van der Waals surface area (Å²) in [5.41, 5.74) is 0.846. The number of hydrogen-bond acceptors (Lipinski definition) is 3. The van der Waals surface area contributed by atoms with Gasteiger partial charge in [-0.05, 0) is 43.7 Å². The third kappa shape index (κ3) is 2.72. The monoisotopic (exact) mass is 233 g/mol. The number of carbonyl (C=O) groups is 1. The fourth-order valence-electron chi connectivity index (χ4n) is 2.34. The second-order valence-corrected chi connectivity index (χ2v) is 4.85. The molecule has 3 nitrogen and oxygen atoms in total. The maximum Gasteiger partial charge on any atom is 0.170 e. The van der Waals surface area contributed by atoms with E-state index in [1.807, 2.05) is 12.1 Å². The fraction of sp³-hybridized carbons (Fsp3) is 0.571. The van der Waals surface area contributed by atoms with Gasteiger partial charge in [-0.15, -0.1) is 0 Å². The summed E-state index contributed by atoms with van der Waals surface area (Å²) < 4.78 is 0. The number of pyridine rings is 1. The van der Waals surface area contributed by atoms with Crippen LogP contribution in [0.2, 0.25) is 0 Å². The molecule has 0 aliphatic heterocycles. The largest absolute Gasteiger partial charge is 0.382 e. The van der Waals surface area contributed by atoms with Crippen LogP contribution in [0.25, 0.3) is 0 Å². The first-order valence-electron chi connectivity index (χ1n) is 6.33. The number of carbonyl (C=O) groups excluding carboxylic acids is 1. The van der Waals surface area contributed by atoms with Gasteiger partial charge in [-0.25, -0.2) is 0 Å². The molecule has 92 valence electrons. The molecule has 0 radical (unpaired) electrons. The average molecular weight is 233 g/mol. The number of nitrogens with zero attached hydrogens (tertiary/aromatic N) is 1. The van der Waals surface area contributed by atoms with Crippen LogP contribution in [0.4, 0.5) is 0 Å². The number of aromatic nitrogens is 1. The van der Waals surface area contributed by atoms with Crippen molar-refractivity contribution in [3.8, 4) is 0 Å². The van der Waals surface area contributed by atoms with Crippen molar-refractivity contribution in [1.29, 1.82) is 0 Å². The van der Waals surface area contributed by atoms with Crippen LogP contribution < -0.4 is 0 Å². The Morgan fingerprint density at radius 2 is 2.12 bits per heavy atom. The molecule has 1 saturated carbocycles.